The van der Waals surface area contributed by atoms with E-state index >= 15 is 0 Å². The summed E-state index contributed by atoms with van der Waals surface area (Å²) in [5, 5.41) is -0.575. The summed E-state index contributed by atoms with van der Waals surface area (Å²) in [7, 11) is 0. The number of aryl methyl sites for hydroxylation is 1. The van der Waals surface area contributed by atoms with Crippen LogP contribution < -0.4 is 10.6 Å². The zero-order chi connectivity index (χ0) is 18.5. The van der Waals surface area contributed by atoms with Crippen LogP contribution in [0.25, 0.3) is 10.9 Å². The number of alkyl halides is 3. The molecule has 0 unspecified atom stereocenters. The molecule has 0 amide bonds. The number of hydrogen-bond acceptors (Lipinski definition) is 4. The molecule has 4 nitrogen and oxygen atoms in total. The lowest BCUT2D eigenvalue weighted by atomic mass is 9.95. The van der Waals surface area contributed by atoms with Crippen molar-refractivity contribution in [3.8, 4) is 0 Å². The standard InChI is InChI=1S/C15H14F6N4/c1-6-23-12-8(14(22)24-6)9(16)10(17)13(11(12)18)25-4-2-7(3-5-25)15(19,20)21/h7H,2-5H2,1H3,(H2,22,23,24). The molecule has 136 valence electrons. The van der Waals surface area contributed by atoms with Gasteiger partial charge in [-0.1, -0.05) is 0 Å². The van der Waals surface area contributed by atoms with Crippen LogP contribution >= 0.6 is 0 Å². The summed E-state index contributed by atoms with van der Waals surface area (Å²) in [6.07, 6.45) is -5.02. The van der Waals surface area contributed by atoms with Gasteiger partial charge in [0, 0.05) is 13.1 Å². The topological polar surface area (TPSA) is 55.0 Å². The first-order valence-corrected chi connectivity index (χ1v) is 7.53. The molecular formula is C15H14F6N4. The summed E-state index contributed by atoms with van der Waals surface area (Å²) in [6, 6.07) is 0. The lowest BCUT2D eigenvalue weighted by Crippen LogP contribution is -2.40. The van der Waals surface area contributed by atoms with Gasteiger partial charge in [0.2, 0.25) is 0 Å². The van der Waals surface area contributed by atoms with Crippen LogP contribution in [0.3, 0.4) is 0 Å². The van der Waals surface area contributed by atoms with E-state index in [0.717, 1.165) is 4.90 Å². The molecule has 1 aliphatic rings. The van der Waals surface area contributed by atoms with Gasteiger partial charge in [-0.05, 0) is 19.8 Å². The fourth-order valence-electron chi connectivity index (χ4n) is 3.10. The van der Waals surface area contributed by atoms with Crippen LogP contribution in [0.2, 0.25) is 0 Å². The largest absolute Gasteiger partial charge is 0.391 e. The number of nitrogens with two attached hydrogens (primary N) is 1. The number of hydrogen-bond donors (Lipinski definition) is 1. The van der Waals surface area contributed by atoms with E-state index in [2.05, 4.69) is 9.97 Å². The van der Waals surface area contributed by atoms with Crippen LogP contribution in [-0.4, -0.2) is 29.2 Å². The summed E-state index contributed by atoms with van der Waals surface area (Å²) >= 11 is 0. The SMILES string of the molecule is Cc1nc(N)c2c(F)c(F)c(N3CCC(C(F)(F)F)CC3)c(F)c2n1. The van der Waals surface area contributed by atoms with Gasteiger partial charge in [-0.2, -0.15) is 13.2 Å². The zero-order valence-corrected chi connectivity index (χ0v) is 13.1. The second-order valence-electron chi connectivity index (χ2n) is 5.97. The highest BCUT2D eigenvalue weighted by Crippen LogP contribution is 2.39. The van der Waals surface area contributed by atoms with Gasteiger partial charge < -0.3 is 10.6 Å². The molecule has 0 aliphatic carbocycles. The van der Waals surface area contributed by atoms with Crippen LogP contribution in [-0.2, 0) is 0 Å². The monoisotopic (exact) mass is 364 g/mol. The Kier molecular flexibility index (Phi) is 4.16. The molecule has 0 spiro atoms. The van der Waals surface area contributed by atoms with E-state index in [-0.39, 0.29) is 31.8 Å². The number of benzene rings is 1. The lowest BCUT2D eigenvalue weighted by molar-refractivity contribution is -0.179. The first-order chi connectivity index (χ1) is 11.6. The molecule has 0 radical (unpaired) electrons. The fourth-order valence-corrected chi connectivity index (χ4v) is 3.10. The molecular weight excluding hydrogens is 350 g/mol. The molecule has 10 heteroatoms. The summed E-state index contributed by atoms with van der Waals surface area (Å²) in [6.45, 7) is 0.913. The molecule has 1 aromatic heterocycles. The molecule has 2 heterocycles. The summed E-state index contributed by atoms with van der Waals surface area (Å²) in [5.41, 5.74) is 4.32. The van der Waals surface area contributed by atoms with Crippen molar-refractivity contribution in [3.63, 3.8) is 0 Å². The van der Waals surface area contributed by atoms with Gasteiger partial charge in [0.25, 0.3) is 0 Å². The van der Waals surface area contributed by atoms with E-state index in [9.17, 15) is 26.3 Å². The summed E-state index contributed by atoms with van der Waals surface area (Å²) in [4.78, 5) is 8.52. The Balaban J connectivity index is 2.06. The number of piperidine rings is 1. The molecule has 2 aromatic rings. The van der Waals surface area contributed by atoms with Crippen molar-refractivity contribution in [2.75, 3.05) is 23.7 Å². The average Bonchev–Trinajstić information content (AvgIpc) is 2.52. The quantitative estimate of drug-likeness (QED) is 0.619. The van der Waals surface area contributed by atoms with Gasteiger partial charge in [0.05, 0.1) is 11.3 Å². The van der Waals surface area contributed by atoms with E-state index in [0.29, 0.717) is 0 Å². The third-order valence-corrected chi connectivity index (χ3v) is 4.36. The molecule has 0 bridgehead atoms. The molecule has 1 saturated heterocycles. The number of rotatable bonds is 1. The van der Waals surface area contributed by atoms with E-state index in [4.69, 9.17) is 5.73 Å². The molecule has 1 aliphatic heterocycles. The van der Waals surface area contributed by atoms with Crippen LogP contribution in [0, 0.1) is 30.3 Å². The van der Waals surface area contributed by atoms with E-state index in [1.807, 2.05) is 0 Å². The lowest BCUT2D eigenvalue weighted by Gasteiger charge is -2.34. The van der Waals surface area contributed by atoms with Crippen LogP contribution in [0.5, 0.6) is 0 Å². The predicted octanol–water partition coefficient (Wildman–Crippen LogP) is 3.72. The van der Waals surface area contributed by atoms with Gasteiger partial charge in [0.1, 0.15) is 22.8 Å². The molecule has 0 atom stereocenters. The summed E-state index contributed by atoms with van der Waals surface area (Å²) < 4.78 is 81.7. The normalized spacial score (nSPS) is 16.7. The first kappa shape index (κ1) is 17.6. The second-order valence-corrected chi connectivity index (χ2v) is 5.97. The number of nitrogen functional groups attached to an aromatic ring is 1. The van der Waals surface area contributed by atoms with E-state index < -0.39 is 52.0 Å². The third kappa shape index (κ3) is 2.93. The van der Waals surface area contributed by atoms with Crippen LogP contribution in [0.4, 0.5) is 37.8 Å². The Labute approximate surface area is 138 Å². The number of halogens is 6. The Morgan fingerprint density at radius 2 is 1.60 bits per heavy atom. The minimum absolute atomic E-state index is 0.0663. The third-order valence-electron chi connectivity index (χ3n) is 4.36. The highest BCUT2D eigenvalue weighted by molar-refractivity contribution is 5.92. The molecule has 2 N–H and O–H groups in total. The van der Waals surface area contributed by atoms with Crippen molar-refractivity contribution in [3.05, 3.63) is 23.3 Å². The summed E-state index contributed by atoms with van der Waals surface area (Å²) in [5.74, 6) is -5.95. The first-order valence-electron chi connectivity index (χ1n) is 7.53. The van der Waals surface area contributed by atoms with Gasteiger partial charge in [-0.15, -0.1) is 0 Å². The molecule has 1 aromatic carbocycles. The molecule has 25 heavy (non-hydrogen) atoms. The van der Waals surface area contributed by atoms with Crippen LogP contribution in [0.15, 0.2) is 0 Å². The maximum Gasteiger partial charge on any atom is 0.391 e. The van der Waals surface area contributed by atoms with Gasteiger partial charge in [0.15, 0.2) is 17.5 Å². The van der Waals surface area contributed by atoms with Gasteiger partial charge in [-0.3, -0.25) is 0 Å². The Hall–Kier alpha value is -2.26. The fraction of sp³-hybridized carbons (Fsp3) is 0.467. The van der Waals surface area contributed by atoms with Crippen molar-refractivity contribution in [1.29, 1.82) is 0 Å². The predicted molar refractivity (Wildman–Crippen MR) is 79.6 cm³/mol. The number of aromatic nitrogens is 2. The Morgan fingerprint density at radius 1 is 1.00 bits per heavy atom. The number of fused-ring (bicyclic) bond motifs is 1. The van der Waals surface area contributed by atoms with Crippen molar-refractivity contribution in [2.24, 2.45) is 5.92 Å². The second kappa shape index (κ2) is 5.92. The minimum atomic E-state index is -4.36. The van der Waals surface area contributed by atoms with Gasteiger partial charge in [-0.25, -0.2) is 23.1 Å². The van der Waals surface area contributed by atoms with E-state index in [1.165, 1.54) is 6.92 Å². The Bertz CT molecular complexity index is 827. The zero-order valence-electron chi connectivity index (χ0n) is 13.1. The van der Waals surface area contributed by atoms with Crippen LogP contribution in [0.1, 0.15) is 18.7 Å². The minimum Gasteiger partial charge on any atom is -0.383 e. The number of anilines is 2. The van der Waals surface area contributed by atoms with Crippen molar-refractivity contribution < 1.29 is 26.3 Å². The maximum atomic E-state index is 14.8. The molecule has 3 rings (SSSR count). The van der Waals surface area contributed by atoms with Crippen molar-refractivity contribution in [2.45, 2.75) is 25.9 Å². The Morgan fingerprint density at radius 3 is 2.16 bits per heavy atom. The van der Waals surface area contributed by atoms with Crippen molar-refractivity contribution in [1.82, 2.24) is 9.97 Å². The molecule has 1 fully saturated rings. The smallest absolute Gasteiger partial charge is 0.383 e. The highest BCUT2D eigenvalue weighted by Gasteiger charge is 2.42. The maximum absolute atomic E-state index is 14.8. The molecule has 0 saturated carbocycles. The van der Waals surface area contributed by atoms with E-state index in [1.54, 1.807) is 0 Å². The average molecular weight is 364 g/mol. The van der Waals surface area contributed by atoms with Gasteiger partial charge >= 0.3 is 6.18 Å². The van der Waals surface area contributed by atoms with Crippen molar-refractivity contribution >= 4 is 22.4 Å². The highest BCUT2D eigenvalue weighted by atomic mass is 19.4. The number of nitrogens with zero attached hydrogens (tertiary/aromatic N) is 3.